The van der Waals surface area contributed by atoms with Crippen molar-refractivity contribution in [3.8, 4) is 77.9 Å². The maximum atomic E-state index is 6.60. The van der Waals surface area contributed by atoms with E-state index in [9.17, 15) is 0 Å². The first kappa shape index (κ1) is 48.2. The fraction of sp³-hybridized carbons (Fsp3) is 0. The molecule has 0 radical (unpaired) electrons. The fourth-order valence-electron chi connectivity index (χ4n) is 14.2. The molecule has 0 aliphatic rings. The average Bonchev–Trinajstić information content (AvgIpc) is 0.986. The third kappa shape index (κ3) is 7.60. The Labute approximate surface area is 495 Å². The third-order valence-electron chi connectivity index (χ3n) is 18.2. The van der Waals surface area contributed by atoms with Crippen LogP contribution in [0.2, 0.25) is 0 Å². The van der Waals surface area contributed by atoms with Gasteiger partial charge in [-0.2, -0.15) is 0 Å². The van der Waals surface area contributed by atoms with Crippen LogP contribution in [0.15, 0.2) is 312 Å². The summed E-state index contributed by atoms with van der Waals surface area (Å²) in [5.74, 6) is 0. The Bertz CT molecular complexity index is 5570. The van der Waals surface area contributed by atoms with E-state index in [0.717, 1.165) is 66.1 Å². The number of rotatable bonds is 7. The summed E-state index contributed by atoms with van der Waals surface area (Å²) < 4.78 is 13.2. The Morgan fingerprint density at radius 1 is 0.151 bits per heavy atom. The zero-order valence-electron chi connectivity index (χ0n) is 46.7. The average molecular weight is 1090 g/mol. The summed E-state index contributed by atoms with van der Waals surface area (Å²) in [6.07, 6.45) is 0. The van der Waals surface area contributed by atoms with E-state index < -0.39 is 0 Å². The maximum absolute atomic E-state index is 6.60. The Kier molecular flexibility index (Phi) is 10.7. The highest BCUT2D eigenvalue weighted by molar-refractivity contribution is 6.25. The Hall–Kier alpha value is -11.3. The summed E-state index contributed by atoms with van der Waals surface area (Å²) in [6.45, 7) is 0. The molecule has 0 atom stereocenters. The van der Waals surface area contributed by atoms with Crippen molar-refractivity contribution in [2.24, 2.45) is 0 Å². The van der Waals surface area contributed by atoms with Crippen LogP contribution >= 0.6 is 0 Å². The molecule has 2 aromatic heterocycles. The molecule has 0 spiro atoms. The van der Waals surface area contributed by atoms with Crippen LogP contribution in [-0.2, 0) is 0 Å². The Morgan fingerprint density at radius 2 is 0.500 bits per heavy atom. The summed E-state index contributed by atoms with van der Waals surface area (Å²) in [4.78, 5) is 0. The molecule has 0 bridgehead atoms. The van der Waals surface area contributed by atoms with Crippen LogP contribution in [0.1, 0.15) is 0 Å². The van der Waals surface area contributed by atoms with Crippen molar-refractivity contribution in [2.45, 2.75) is 0 Å². The summed E-state index contributed by atoms with van der Waals surface area (Å²) in [7, 11) is 0. The largest absolute Gasteiger partial charge is 0.456 e. The van der Waals surface area contributed by atoms with Crippen molar-refractivity contribution in [2.75, 3.05) is 0 Å². The maximum Gasteiger partial charge on any atom is 0.136 e. The molecule has 0 saturated heterocycles. The van der Waals surface area contributed by atoms with E-state index in [1.807, 2.05) is 12.1 Å². The molecule has 2 nitrogen and oxygen atoms in total. The van der Waals surface area contributed by atoms with E-state index >= 15 is 0 Å². The highest BCUT2D eigenvalue weighted by atomic mass is 16.3. The van der Waals surface area contributed by atoms with Gasteiger partial charge in [0.2, 0.25) is 0 Å². The van der Waals surface area contributed by atoms with E-state index in [0.29, 0.717) is 0 Å². The lowest BCUT2D eigenvalue weighted by atomic mass is 9.83. The first-order chi connectivity index (χ1) is 42.6. The molecule has 16 aromatic carbocycles. The van der Waals surface area contributed by atoms with Crippen LogP contribution < -0.4 is 0 Å². The summed E-state index contributed by atoms with van der Waals surface area (Å²) in [5.41, 5.74) is 20.0. The van der Waals surface area contributed by atoms with Gasteiger partial charge in [0, 0.05) is 21.5 Å². The lowest BCUT2D eigenvalue weighted by Crippen LogP contribution is -1.93. The number of hydrogen-bond donors (Lipinski definition) is 0. The van der Waals surface area contributed by atoms with Crippen LogP contribution in [0.25, 0.3) is 186 Å². The SMILES string of the molecule is c1ccc(-c2ccc3ccc(-c4c5ccccc5c(-c5ccc6c(c5)oc5ccccc56)c5ccc(-c6ccc7c(-c8ccc9c(c8)oc8ccccc89)c8ccccc8c(-c8ccc9c(-c%10ccccc%10)cccc9c8)c7c6)cc45)cc3c2)cc1. The molecule has 0 saturated carbocycles. The molecular formula is C84H50O2. The van der Waals surface area contributed by atoms with Gasteiger partial charge in [0.05, 0.1) is 0 Å². The lowest BCUT2D eigenvalue weighted by Gasteiger charge is -2.20. The van der Waals surface area contributed by atoms with E-state index in [2.05, 4.69) is 291 Å². The van der Waals surface area contributed by atoms with Gasteiger partial charge >= 0.3 is 0 Å². The molecule has 2 heterocycles. The predicted molar refractivity (Wildman–Crippen MR) is 364 cm³/mol. The molecule has 0 N–H and O–H groups in total. The fourth-order valence-corrected chi connectivity index (χ4v) is 14.2. The first-order valence-electron chi connectivity index (χ1n) is 29.6. The molecule has 0 unspecified atom stereocenters. The first-order valence-corrected chi connectivity index (χ1v) is 29.6. The number of furan rings is 2. The zero-order valence-corrected chi connectivity index (χ0v) is 46.7. The molecule has 398 valence electrons. The number of para-hydroxylation sites is 2. The quantitative estimate of drug-likeness (QED) is 0.149. The van der Waals surface area contributed by atoms with Crippen LogP contribution in [0.4, 0.5) is 0 Å². The van der Waals surface area contributed by atoms with Gasteiger partial charge in [-0.05, 0) is 209 Å². The molecule has 86 heavy (non-hydrogen) atoms. The lowest BCUT2D eigenvalue weighted by molar-refractivity contribution is 0.668. The van der Waals surface area contributed by atoms with Crippen molar-refractivity contribution in [3.63, 3.8) is 0 Å². The normalized spacial score (nSPS) is 12.0. The summed E-state index contributed by atoms with van der Waals surface area (Å²) in [6, 6.07) is 112. The number of benzene rings is 16. The second-order valence-electron chi connectivity index (χ2n) is 23.0. The van der Waals surface area contributed by atoms with Crippen LogP contribution in [-0.4, -0.2) is 0 Å². The van der Waals surface area contributed by atoms with Crippen molar-refractivity contribution in [3.05, 3.63) is 303 Å². The van der Waals surface area contributed by atoms with E-state index in [1.165, 1.54) is 120 Å². The minimum Gasteiger partial charge on any atom is -0.456 e. The molecule has 0 aliphatic heterocycles. The van der Waals surface area contributed by atoms with Gasteiger partial charge in [0.15, 0.2) is 0 Å². The van der Waals surface area contributed by atoms with Crippen molar-refractivity contribution >= 4 is 109 Å². The van der Waals surface area contributed by atoms with E-state index in [4.69, 9.17) is 8.83 Å². The second-order valence-corrected chi connectivity index (χ2v) is 23.0. The minimum absolute atomic E-state index is 0.879. The molecule has 0 amide bonds. The molecule has 0 fully saturated rings. The second kappa shape index (κ2) is 19.1. The predicted octanol–water partition coefficient (Wildman–Crippen LogP) is 24.1. The van der Waals surface area contributed by atoms with Gasteiger partial charge in [-0.3, -0.25) is 0 Å². The Balaban J connectivity index is 0.900. The molecule has 0 aliphatic carbocycles. The van der Waals surface area contributed by atoms with Crippen molar-refractivity contribution in [1.82, 2.24) is 0 Å². The molecule has 18 aromatic rings. The van der Waals surface area contributed by atoms with Crippen LogP contribution in [0.5, 0.6) is 0 Å². The van der Waals surface area contributed by atoms with Gasteiger partial charge < -0.3 is 8.83 Å². The third-order valence-corrected chi connectivity index (χ3v) is 18.2. The monoisotopic (exact) mass is 1090 g/mol. The van der Waals surface area contributed by atoms with Crippen molar-refractivity contribution < 1.29 is 8.83 Å². The highest BCUT2D eigenvalue weighted by Crippen LogP contribution is 2.50. The number of hydrogen-bond acceptors (Lipinski definition) is 2. The smallest absolute Gasteiger partial charge is 0.136 e. The van der Waals surface area contributed by atoms with Gasteiger partial charge in [-0.1, -0.05) is 237 Å². The molecule has 2 heteroatoms. The van der Waals surface area contributed by atoms with Gasteiger partial charge in [0.1, 0.15) is 22.3 Å². The van der Waals surface area contributed by atoms with Crippen LogP contribution in [0, 0.1) is 0 Å². The van der Waals surface area contributed by atoms with Crippen LogP contribution in [0.3, 0.4) is 0 Å². The summed E-state index contributed by atoms with van der Waals surface area (Å²) >= 11 is 0. The minimum atomic E-state index is 0.879. The van der Waals surface area contributed by atoms with Gasteiger partial charge in [-0.15, -0.1) is 0 Å². The van der Waals surface area contributed by atoms with Gasteiger partial charge in [-0.25, -0.2) is 0 Å². The standard InChI is InChI=1S/C84H50O2/c1-3-16-51(17-4-1)54-32-30-52-31-33-58(46-62(52)44-54)83-71-25-9-7-23-69(71)81(60-37-40-67-65-21-11-13-28-77(65)85-79(67)49-60)73-42-34-55(47-75(73)83)56-35-43-74-76(48-56)84(59-36-39-64-57(45-59)20-15-27-63(64)53-18-5-2-6-19-53)72-26-10-8-24-70(72)82(74)61-38-41-68-66-22-12-14-29-78(66)86-80(68)50-61/h1-50H. The molecular weight excluding hydrogens is 1040 g/mol. The van der Waals surface area contributed by atoms with Gasteiger partial charge in [0.25, 0.3) is 0 Å². The number of fused-ring (bicyclic) bond motifs is 12. The Morgan fingerprint density at radius 3 is 1.03 bits per heavy atom. The molecule has 18 rings (SSSR count). The van der Waals surface area contributed by atoms with E-state index in [1.54, 1.807) is 0 Å². The highest BCUT2D eigenvalue weighted by Gasteiger charge is 2.23. The zero-order chi connectivity index (χ0) is 56.4. The van der Waals surface area contributed by atoms with E-state index in [-0.39, 0.29) is 0 Å². The topological polar surface area (TPSA) is 26.3 Å². The van der Waals surface area contributed by atoms with Crippen molar-refractivity contribution in [1.29, 1.82) is 0 Å². The summed E-state index contributed by atoms with van der Waals surface area (Å²) in [5, 5.41) is 18.8.